The fourth-order valence-electron chi connectivity index (χ4n) is 5.62. The molecule has 15 heteroatoms. The van der Waals surface area contributed by atoms with Gasteiger partial charge >= 0.3 is 35.8 Å². The molecular weight excluding hydrogens is 752 g/mol. The van der Waals surface area contributed by atoms with E-state index >= 15 is 0 Å². The van der Waals surface area contributed by atoms with Crippen LogP contribution in [0.4, 0.5) is 0 Å². The van der Waals surface area contributed by atoms with E-state index in [1.165, 1.54) is 0 Å². The molecule has 0 radical (unpaired) electrons. The molecule has 0 saturated carbocycles. The molecular formula is C43H78N2O13. The van der Waals surface area contributed by atoms with Gasteiger partial charge in [-0.25, -0.2) is 0 Å². The molecule has 58 heavy (non-hydrogen) atoms. The Bertz CT molecular complexity index is 993. The van der Waals surface area contributed by atoms with Crippen LogP contribution >= 0.6 is 0 Å². The minimum absolute atomic E-state index is 0.122. The lowest BCUT2D eigenvalue weighted by Gasteiger charge is -2.21. The standard InChI is InChI=1S/C43H78N2O13/c1-4-7-8-10-25-44(27-21-40(49)55-34-15-13-32-53-38(47)19-5-2)28-22-41(50)57-36-17-18-37-58-43(52)24-30-45(26-11-9-12-31-46)29-23-42(51)56-35-16-14-33-54-39(48)20-6-3/h46H,4-37H2,1-3H3. The number of esters is 6. The third-order valence-corrected chi connectivity index (χ3v) is 9.09. The van der Waals surface area contributed by atoms with Crippen LogP contribution in [0.1, 0.15) is 156 Å². The van der Waals surface area contributed by atoms with E-state index in [0.29, 0.717) is 104 Å². The van der Waals surface area contributed by atoms with Gasteiger partial charge in [0.2, 0.25) is 0 Å². The fourth-order valence-corrected chi connectivity index (χ4v) is 5.62. The van der Waals surface area contributed by atoms with Gasteiger partial charge in [-0.3, -0.25) is 28.8 Å². The highest BCUT2D eigenvalue weighted by atomic mass is 16.6. The summed E-state index contributed by atoms with van der Waals surface area (Å²) in [6, 6.07) is 0. The number of carbonyl (C=O) groups is 6. The maximum absolute atomic E-state index is 12.5. The van der Waals surface area contributed by atoms with E-state index in [-0.39, 0.29) is 94.5 Å². The van der Waals surface area contributed by atoms with Crippen molar-refractivity contribution in [1.29, 1.82) is 0 Å². The highest BCUT2D eigenvalue weighted by Gasteiger charge is 2.14. The van der Waals surface area contributed by atoms with Gasteiger partial charge in [0.05, 0.1) is 65.3 Å². The van der Waals surface area contributed by atoms with Gasteiger partial charge in [-0.15, -0.1) is 0 Å². The molecule has 1 N–H and O–H groups in total. The molecule has 0 bridgehead atoms. The second-order valence-electron chi connectivity index (χ2n) is 14.5. The zero-order chi connectivity index (χ0) is 42.9. The molecule has 0 fully saturated rings. The molecule has 0 amide bonds. The Kier molecular flexibility index (Phi) is 38.2. The molecule has 0 heterocycles. The average molecular weight is 831 g/mol. The van der Waals surface area contributed by atoms with E-state index < -0.39 is 0 Å². The number of aliphatic hydroxyl groups excluding tert-OH is 1. The van der Waals surface area contributed by atoms with Crippen LogP contribution in [0, 0.1) is 0 Å². The molecule has 0 atom stereocenters. The number of rotatable bonds is 41. The Labute approximate surface area is 348 Å². The SMILES string of the molecule is CCCCCCN(CCC(=O)OCCCCOC(=O)CCC)CCC(=O)OCCCCOC(=O)CCN(CCCCCO)CCC(=O)OCCCCOC(=O)CCC. The van der Waals surface area contributed by atoms with Gasteiger partial charge in [0.1, 0.15) is 0 Å². The van der Waals surface area contributed by atoms with Crippen molar-refractivity contribution in [2.75, 3.05) is 85.5 Å². The number of hydrogen-bond donors (Lipinski definition) is 1. The van der Waals surface area contributed by atoms with Crippen molar-refractivity contribution in [2.45, 2.75) is 156 Å². The Morgan fingerprint density at radius 3 is 0.862 bits per heavy atom. The van der Waals surface area contributed by atoms with Gasteiger partial charge in [-0.05, 0) is 90.1 Å². The van der Waals surface area contributed by atoms with Gasteiger partial charge < -0.3 is 43.3 Å². The van der Waals surface area contributed by atoms with Crippen LogP contribution < -0.4 is 0 Å². The zero-order valence-electron chi connectivity index (χ0n) is 36.3. The van der Waals surface area contributed by atoms with Crippen molar-refractivity contribution in [2.24, 2.45) is 0 Å². The molecule has 0 spiro atoms. The van der Waals surface area contributed by atoms with Gasteiger partial charge in [0.15, 0.2) is 0 Å². The smallest absolute Gasteiger partial charge is 0.307 e. The van der Waals surface area contributed by atoms with Crippen LogP contribution in [-0.4, -0.2) is 136 Å². The highest BCUT2D eigenvalue weighted by Crippen LogP contribution is 2.07. The summed E-state index contributed by atoms with van der Waals surface area (Å²) in [7, 11) is 0. The van der Waals surface area contributed by atoms with E-state index in [0.717, 1.165) is 57.9 Å². The predicted molar refractivity (Wildman–Crippen MR) is 220 cm³/mol. The summed E-state index contributed by atoms with van der Waals surface area (Å²) in [4.78, 5) is 76.5. The monoisotopic (exact) mass is 831 g/mol. The van der Waals surface area contributed by atoms with E-state index in [9.17, 15) is 28.8 Å². The van der Waals surface area contributed by atoms with Crippen LogP contribution in [-0.2, 0) is 57.2 Å². The van der Waals surface area contributed by atoms with Crippen LogP contribution in [0.5, 0.6) is 0 Å². The van der Waals surface area contributed by atoms with Gasteiger partial charge in [0.25, 0.3) is 0 Å². The van der Waals surface area contributed by atoms with Crippen molar-refractivity contribution >= 4 is 35.8 Å². The highest BCUT2D eigenvalue weighted by molar-refractivity contribution is 5.71. The minimum atomic E-state index is -0.340. The van der Waals surface area contributed by atoms with Crippen LogP contribution in [0.25, 0.3) is 0 Å². The summed E-state index contributed by atoms with van der Waals surface area (Å²) < 4.78 is 31.7. The van der Waals surface area contributed by atoms with E-state index in [2.05, 4.69) is 11.8 Å². The lowest BCUT2D eigenvalue weighted by molar-refractivity contribution is -0.147. The Morgan fingerprint density at radius 1 is 0.328 bits per heavy atom. The maximum atomic E-state index is 12.5. The van der Waals surface area contributed by atoms with Gasteiger partial charge in [0, 0.05) is 45.6 Å². The first-order valence-electron chi connectivity index (χ1n) is 22.1. The summed E-state index contributed by atoms with van der Waals surface area (Å²) in [6.07, 6.45) is 13.4. The second kappa shape index (κ2) is 40.5. The molecule has 0 rings (SSSR count). The number of hydrogen-bond acceptors (Lipinski definition) is 15. The summed E-state index contributed by atoms with van der Waals surface area (Å²) in [5.74, 6) is -1.69. The molecule has 0 aliphatic rings. The molecule has 0 saturated heterocycles. The average Bonchev–Trinajstić information content (AvgIpc) is 3.20. The first-order valence-corrected chi connectivity index (χ1v) is 22.1. The molecule has 0 aliphatic heterocycles. The third-order valence-electron chi connectivity index (χ3n) is 9.09. The van der Waals surface area contributed by atoms with Crippen molar-refractivity contribution in [3.63, 3.8) is 0 Å². The second-order valence-corrected chi connectivity index (χ2v) is 14.5. The van der Waals surface area contributed by atoms with Crippen LogP contribution in [0.2, 0.25) is 0 Å². The molecule has 0 aromatic rings. The number of carbonyl (C=O) groups excluding carboxylic acids is 6. The maximum Gasteiger partial charge on any atom is 0.307 e. The van der Waals surface area contributed by atoms with Gasteiger partial charge in [-0.1, -0.05) is 40.0 Å². The number of nitrogens with zero attached hydrogens (tertiary/aromatic N) is 2. The first kappa shape index (κ1) is 54.7. The first-order chi connectivity index (χ1) is 28.1. The largest absolute Gasteiger partial charge is 0.466 e. The summed E-state index contributed by atoms with van der Waals surface area (Å²) >= 11 is 0. The number of aliphatic hydroxyl groups is 1. The normalized spacial score (nSPS) is 11.1. The number of ether oxygens (including phenoxy) is 6. The lowest BCUT2D eigenvalue weighted by atomic mass is 10.2. The van der Waals surface area contributed by atoms with Crippen LogP contribution in [0.3, 0.4) is 0 Å². The quantitative estimate of drug-likeness (QED) is 0.0424. The molecule has 0 unspecified atom stereocenters. The van der Waals surface area contributed by atoms with E-state index in [1.54, 1.807) is 0 Å². The van der Waals surface area contributed by atoms with E-state index in [1.807, 2.05) is 18.7 Å². The summed E-state index contributed by atoms with van der Waals surface area (Å²) in [5.41, 5.74) is 0. The molecule has 0 aromatic heterocycles. The Hall–Kier alpha value is -3.30. The Morgan fingerprint density at radius 2 is 0.603 bits per heavy atom. The van der Waals surface area contributed by atoms with Crippen molar-refractivity contribution in [3.8, 4) is 0 Å². The number of unbranched alkanes of at least 4 members (excludes halogenated alkanes) is 8. The van der Waals surface area contributed by atoms with Crippen molar-refractivity contribution < 1.29 is 62.3 Å². The summed E-state index contributed by atoms with van der Waals surface area (Å²) in [6.45, 7) is 11.0. The van der Waals surface area contributed by atoms with Crippen LogP contribution in [0.15, 0.2) is 0 Å². The van der Waals surface area contributed by atoms with Gasteiger partial charge in [-0.2, -0.15) is 0 Å². The minimum Gasteiger partial charge on any atom is -0.466 e. The summed E-state index contributed by atoms with van der Waals surface area (Å²) in [5, 5.41) is 9.10. The molecule has 338 valence electrons. The predicted octanol–water partition coefficient (Wildman–Crippen LogP) is 6.09. The molecule has 0 aromatic carbocycles. The topological polar surface area (TPSA) is 185 Å². The molecule has 0 aliphatic carbocycles. The van der Waals surface area contributed by atoms with Crippen molar-refractivity contribution in [1.82, 2.24) is 9.80 Å². The zero-order valence-corrected chi connectivity index (χ0v) is 36.3. The Balaban J connectivity index is 4.35. The lowest BCUT2D eigenvalue weighted by Crippen LogP contribution is -2.31. The van der Waals surface area contributed by atoms with E-state index in [4.69, 9.17) is 33.5 Å². The molecule has 15 nitrogen and oxygen atoms in total. The van der Waals surface area contributed by atoms with Crippen molar-refractivity contribution in [3.05, 3.63) is 0 Å². The fraction of sp³-hybridized carbons (Fsp3) is 0.860. The third kappa shape index (κ3) is 37.0.